The molecule has 3 saturated carbocycles. The molecule has 14 heteroatoms. The van der Waals surface area contributed by atoms with Gasteiger partial charge in [0.15, 0.2) is 45.8 Å². The first-order chi connectivity index (χ1) is 27.9. The molecule has 0 radical (unpaired) electrons. The smallest absolute Gasteiger partial charge is 0.217 e. The molecule has 9 rings (SSSR count). The molecule has 2 aromatic rings. The van der Waals surface area contributed by atoms with Crippen LogP contribution in [0.3, 0.4) is 0 Å². The molecule has 0 bridgehead atoms. The van der Waals surface area contributed by atoms with Crippen LogP contribution < -0.4 is 39.1 Å². The number of rotatable bonds is 10. The molecule has 0 aliphatic heterocycles. The maximum Gasteiger partial charge on any atom is 0.217 e. The number of ether oxygens (including phenoxy) is 8. The fourth-order valence-corrected chi connectivity index (χ4v) is 13.0. The predicted molar refractivity (Wildman–Crippen MR) is 208 cm³/mol. The van der Waals surface area contributed by atoms with Crippen molar-refractivity contribution >= 4 is 34.5 Å². The quantitative estimate of drug-likeness (QED) is 0.360. The molecule has 7 aliphatic carbocycles. The minimum absolute atomic E-state index is 0.220. The average molecular weight is 799 g/mol. The van der Waals surface area contributed by atoms with Crippen molar-refractivity contribution in [2.75, 3.05) is 56.9 Å². The molecule has 0 aromatic heterocycles. The standard InChI is InChI=1S/C44H50N2O12/c1-17(47)45-21-13-11-19-15-23(51-3)37(53-5)39(55-7)25(19)29-27(21)33-31(29)35-36-32-30-26-20(16-24(52-4)38(54-6)40(26)56-8)12-14-22(46-18(2)48)28(30)34(32)42(50)44(36,58-10)43(35,57-9)41(33)49/h15-16,21-22,31-36H,11-14H2,1-10H3,(H,45,47)(H,46,48). The minimum atomic E-state index is -1.64. The first-order valence-electron chi connectivity index (χ1n) is 19.8. The Hall–Kier alpha value is -5.08. The molecule has 10 atom stereocenters. The van der Waals surface area contributed by atoms with Crippen molar-refractivity contribution in [1.29, 1.82) is 0 Å². The number of hydrogen-bond donors (Lipinski definition) is 2. The van der Waals surface area contributed by atoms with Crippen LogP contribution in [0.5, 0.6) is 34.5 Å². The Morgan fingerprint density at radius 3 is 1.22 bits per heavy atom. The molecule has 308 valence electrons. The number of ketones is 2. The van der Waals surface area contributed by atoms with E-state index in [0.29, 0.717) is 60.2 Å². The number of benzene rings is 2. The van der Waals surface area contributed by atoms with E-state index in [0.717, 1.165) is 44.5 Å². The Labute approximate surface area is 336 Å². The molecule has 0 heterocycles. The van der Waals surface area contributed by atoms with Gasteiger partial charge >= 0.3 is 0 Å². The number of Topliss-reactive ketones (excluding diaryl/α,β-unsaturated/α-hetero) is 2. The lowest BCUT2D eigenvalue weighted by Gasteiger charge is -2.62. The van der Waals surface area contributed by atoms with E-state index < -0.39 is 58.8 Å². The van der Waals surface area contributed by atoms with E-state index >= 15 is 9.59 Å². The summed E-state index contributed by atoms with van der Waals surface area (Å²) in [5.74, 6) is -1.30. The van der Waals surface area contributed by atoms with Crippen molar-refractivity contribution < 1.29 is 57.1 Å². The van der Waals surface area contributed by atoms with Crippen molar-refractivity contribution in [3.63, 3.8) is 0 Å². The number of hydrogen-bond acceptors (Lipinski definition) is 12. The van der Waals surface area contributed by atoms with E-state index in [9.17, 15) is 9.59 Å². The highest BCUT2D eigenvalue weighted by Crippen LogP contribution is 2.82. The molecule has 2 aromatic carbocycles. The highest BCUT2D eigenvalue weighted by Gasteiger charge is 2.93. The molecular weight excluding hydrogens is 748 g/mol. The van der Waals surface area contributed by atoms with E-state index in [4.69, 9.17) is 37.9 Å². The van der Waals surface area contributed by atoms with E-state index in [1.54, 1.807) is 42.7 Å². The summed E-state index contributed by atoms with van der Waals surface area (Å²) in [6, 6.07) is 2.97. The average Bonchev–Trinajstić information content (AvgIpc) is 3.33. The first-order valence-corrected chi connectivity index (χ1v) is 19.8. The van der Waals surface area contributed by atoms with E-state index in [1.807, 2.05) is 12.1 Å². The summed E-state index contributed by atoms with van der Waals surface area (Å²) in [6.07, 6.45) is 2.18. The summed E-state index contributed by atoms with van der Waals surface area (Å²) in [6.45, 7) is 2.95. The number of methoxy groups -OCH3 is 8. The van der Waals surface area contributed by atoms with Gasteiger partial charge in [-0.2, -0.15) is 0 Å². The summed E-state index contributed by atoms with van der Waals surface area (Å²) < 4.78 is 48.6. The Balaban J connectivity index is 1.29. The lowest BCUT2D eigenvalue weighted by Crippen LogP contribution is -2.79. The van der Waals surface area contributed by atoms with Crippen molar-refractivity contribution in [3.05, 3.63) is 45.5 Å². The molecule has 0 spiro atoms. The second-order valence-corrected chi connectivity index (χ2v) is 16.3. The fraction of sp³-hybridized carbons (Fsp3) is 0.545. The first kappa shape index (κ1) is 38.4. The number of amides is 2. The summed E-state index contributed by atoms with van der Waals surface area (Å²) in [4.78, 5) is 56.5. The van der Waals surface area contributed by atoms with Gasteiger partial charge in [0.2, 0.25) is 23.3 Å². The number of nitrogens with one attached hydrogen (secondary N) is 2. The Bertz CT molecular complexity index is 2120. The second-order valence-electron chi connectivity index (χ2n) is 16.3. The van der Waals surface area contributed by atoms with Gasteiger partial charge in [-0.05, 0) is 71.2 Å². The van der Waals surface area contributed by atoms with Gasteiger partial charge in [0.1, 0.15) is 0 Å². The van der Waals surface area contributed by atoms with E-state index in [-0.39, 0.29) is 23.4 Å². The van der Waals surface area contributed by atoms with Crippen LogP contribution in [-0.2, 0) is 41.5 Å². The number of allylic oxidation sites excluding steroid dienone is 2. The number of carbonyl (C=O) groups excluding carboxylic acids is 4. The molecule has 14 nitrogen and oxygen atoms in total. The summed E-state index contributed by atoms with van der Waals surface area (Å²) in [5, 5.41) is 6.29. The summed E-state index contributed by atoms with van der Waals surface area (Å²) >= 11 is 0. The van der Waals surface area contributed by atoms with Gasteiger partial charge in [0.05, 0.1) is 66.6 Å². The number of aryl methyl sites for hydroxylation is 2. The molecular formula is C44H50N2O12. The van der Waals surface area contributed by atoms with Gasteiger partial charge in [-0.3, -0.25) is 19.2 Å². The van der Waals surface area contributed by atoms with E-state index in [1.165, 1.54) is 28.1 Å². The zero-order valence-electron chi connectivity index (χ0n) is 34.5. The summed E-state index contributed by atoms with van der Waals surface area (Å²) in [5.41, 5.74) is 3.57. The van der Waals surface area contributed by atoms with Crippen LogP contribution in [0, 0.1) is 35.5 Å². The molecule has 58 heavy (non-hydrogen) atoms. The normalized spacial score (nSPS) is 33.1. The van der Waals surface area contributed by atoms with Crippen molar-refractivity contribution in [1.82, 2.24) is 10.6 Å². The van der Waals surface area contributed by atoms with Crippen LogP contribution in [0.2, 0.25) is 0 Å². The molecule has 7 aliphatic rings. The maximum absolute atomic E-state index is 15.5. The minimum Gasteiger partial charge on any atom is -0.493 e. The van der Waals surface area contributed by atoms with Crippen LogP contribution in [-0.4, -0.2) is 104 Å². The molecule has 2 N–H and O–H groups in total. The highest BCUT2D eigenvalue weighted by atomic mass is 16.6. The second kappa shape index (κ2) is 13.2. The lowest BCUT2D eigenvalue weighted by molar-refractivity contribution is -0.281. The van der Waals surface area contributed by atoms with Crippen LogP contribution in [0.1, 0.15) is 48.9 Å². The SMILES string of the molecule is COc1cc2c(c(OC)c1OC)C1=C(C(NC(C)=O)CC2)C2C(=O)C3(OC)C(C12)C1C2C4=C(C(NC(C)=O)CCc5cc(OC)c(OC)c(OC)c54)C2C(=O)C13OC. The topological polar surface area (TPSA) is 166 Å². The zero-order chi connectivity index (χ0) is 41.3. The third-order valence-electron chi connectivity index (χ3n) is 14.5. The number of carbonyl (C=O) groups is 4. The Morgan fingerprint density at radius 1 is 0.569 bits per heavy atom. The third kappa shape index (κ3) is 4.29. The number of fused-ring (bicyclic) bond motifs is 16. The Kier molecular flexibility index (Phi) is 8.76. The maximum atomic E-state index is 15.5. The largest absolute Gasteiger partial charge is 0.493 e. The fourth-order valence-electron chi connectivity index (χ4n) is 13.0. The highest BCUT2D eigenvalue weighted by molar-refractivity contribution is 6.16. The van der Waals surface area contributed by atoms with Gasteiger partial charge in [-0.25, -0.2) is 0 Å². The Morgan fingerprint density at radius 2 is 0.931 bits per heavy atom. The van der Waals surface area contributed by atoms with Gasteiger partial charge in [-0.1, -0.05) is 0 Å². The van der Waals surface area contributed by atoms with Crippen molar-refractivity contribution in [2.24, 2.45) is 35.5 Å². The predicted octanol–water partition coefficient (Wildman–Crippen LogP) is 3.52. The molecule has 2 amide bonds. The van der Waals surface area contributed by atoms with Crippen molar-refractivity contribution in [3.8, 4) is 34.5 Å². The van der Waals surface area contributed by atoms with Crippen LogP contribution in [0.4, 0.5) is 0 Å². The lowest BCUT2D eigenvalue weighted by atomic mass is 9.45. The van der Waals surface area contributed by atoms with E-state index in [2.05, 4.69) is 10.6 Å². The molecule has 10 unspecified atom stereocenters. The third-order valence-corrected chi connectivity index (χ3v) is 14.5. The van der Waals surface area contributed by atoms with Crippen LogP contribution >= 0.6 is 0 Å². The van der Waals surface area contributed by atoms with Gasteiger partial charge in [0, 0.05) is 62.9 Å². The zero-order valence-corrected chi connectivity index (χ0v) is 34.5. The van der Waals surface area contributed by atoms with Crippen LogP contribution in [0.15, 0.2) is 23.3 Å². The summed E-state index contributed by atoms with van der Waals surface area (Å²) in [7, 11) is 12.4. The van der Waals surface area contributed by atoms with Crippen molar-refractivity contribution in [2.45, 2.75) is 62.8 Å². The van der Waals surface area contributed by atoms with Gasteiger partial charge in [-0.15, -0.1) is 0 Å². The monoisotopic (exact) mass is 798 g/mol. The molecule has 0 saturated heterocycles. The molecule has 3 fully saturated rings. The van der Waals surface area contributed by atoms with Gasteiger partial charge in [0.25, 0.3) is 0 Å². The van der Waals surface area contributed by atoms with Crippen LogP contribution in [0.25, 0.3) is 11.1 Å². The van der Waals surface area contributed by atoms with Gasteiger partial charge < -0.3 is 48.5 Å².